The van der Waals surface area contributed by atoms with Gasteiger partial charge in [-0.3, -0.25) is 4.48 Å². The molecular weight excluding hydrogens is 250 g/mol. The van der Waals surface area contributed by atoms with Crippen molar-refractivity contribution in [1.82, 2.24) is 14.5 Å². The van der Waals surface area contributed by atoms with Crippen LogP contribution in [-0.2, 0) is 0 Å². The van der Waals surface area contributed by atoms with Gasteiger partial charge in [-0.25, -0.2) is 9.97 Å². The number of halogens is 1. The fourth-order valence-corrected chi connectivity index (χ4v) is 1.52. The van der Waals surface area contributed by atoms with E-state index in [1.165, 1.54) is 12.4 Å². The van der Waals surface area contributed by atoms with Crippen LogP contribution in [0.25, 0.3) is 0 Å². The third kappa shape index (κ3) is 3.18. The van der Waals surface area contributed by atoms with E-state index in [2.05, 4.69) is 37.2 Å². The van der Waals surface area contributed by atoms with Gasteiger partial charge in [-0.1, -0.05) is 17.7 Å². The summed E-state index contributed by atoms with van der Waals surface area (Å²) in [6.07, 6.45) is 3.02. The zero-order valence-electron chi connectivity index (χ0n) is 10.6. The molecule has 0 atom stereocenters. The average Bonchev–Trinajstić information content (AvgIpc) is 2.31. The lowest BCUT2D eigenvalue weighted by Crippen LogP contribution is -2.34. The van der Waals surface area contributed by atoms with E-state index < -0.39 is 0 Å². The Hall–Kier alpha value is -1.65. The van der Waals surface area contributed by atoms with Gasteiger partial charge in [0.25, 0.3) is 0 Å². The molecule has 0 saturated carbocycles. The van der Waals surface area contributed by atoms with Crippen LogP contribution in [0.1, 0.15) is 0 Å². The minimum Gasteiger partial charge on any atom is -0.424 e. The lowest BCUT2D eigenvalue weighted by Gasteiger charge is -2.23. The lowest BCUT2D eigenvalue weighted by molar-refractivity contribution is 0.436. The summed E-state index contributed by atoms with van der Waals surface area (Å²) in [5.74, 6) is 0.711. The number of hydrogen-bond acceptors (Lipinski definition) is 3. The Kier molecular flexibility index (Phi) is 3.50. The van der Waals surface area contributed by atoms with Crippen LogP contribution in [0.3, 0.4) is 0 Å². The first-order valence-electron chi connectivity index (χ1n) is 5.52. The van der Waals surface area contributed by atoms with Crippen LogP contribution in [0.15, 0.2) is 36.7 Å². The zero-order chi connectivity index (χ0) is 13.2. The summed E-state index contributed by atoms with van der Waals surface area (Å²) < 4.78 is 6.30. The van der Waals surface area contributed by atoms with Gasteiger partial charge in [0.05, 0.1) is 38.6 Å². The minimum atomic E-state index is 0.290. The Balaban J connectivity index is 2.22. The zero-order valence-corrected chi connectivity index (χ0v) is 11.3. The highest BCUT2D eigenvalue weighted by atomic mass is 35.5. The van der Waals surface area contributed by atoms with Crippen molar-refractivity contribution in [2.75, 3.05) is 21.1 Å². The van der Waals surface area contributed by atoms with Gasteiger partial charge in [0.2, 0.25) is 0 Å². The van der Waals surface area contributed by atoms with Gasteiger partial charge in [0.1, 0.15) is 11.4 Å². The molecule has 0 fully saturated rings. The number of rotatable bonds is 3. The van der Waals surface area contributed by atoms with Crippen LogP contribution in [-0.4, -0.2) is 31.1 Å². The molecule has 0 N–H and O–H groups in total. The Morgan fingerprint density at radius 3 is 2.39 bits per heavy atom. The van der Waals surface area contributed by atoms with E-state index >= 15 is 0 Å². The monoisotopic (exact) mass is 264 g/mol. The molecule has 0 saturated heterocycles. The van der Waals surface area contributed by atoms with Gasteiger partial charge in [-0.05, 0) is 12.1 Å². The van der Waals surface area contributed by atoms with Crippen LogP contribution in [0.2, 0.25) is 5.02 Å². The highest BCUT2D eigenvalue weighted by Gasteiger charge is 2.13. The van der Waals surface area contributed by atoms with Crippen molar-refractivity contribution in [2.24, 2.45) is 0 Å². The van der Waals surface area contributed by atoms with Gasteiger partial charge < -0.3 is 4.74 Å². The normalized spacial score (nSPS) is 11.3. The van der Waals surface area contributed by atoms with E-state index in [4.69, 9.17) is 16.3 Å². The van der Waals surface area contributed by atoms with Crippen molar-refractivity contribution in [1.29, 1.82) is 0 Å². The summed E-state index contributed by atoms with van der Waals surface area (Å²) in [7, 11) is 6.29. The SMILES string of the molecule is C[N+](C)(C)c1cccc(Oc2ncc(Cl)cn2)c1. The first-order chi connectivity index (χ1) is 8.45. The van der Waals surface area contributed by atoms with Gasteiger partial charge in [0.15, 0.2) is 0 Å². The molecule has 1 aromatic heterocycles. The molecule has 0 aliphatic carbocycles. The number of nitrogens with zero attached hydrogens (tertiary/aromatic N) is 3. The Labute approximate surface area is 111 Å². The van der Waals surface area contributed by atoms with Crippen molar-refractivity contribution in [2.45, 2.75) is 0 Å². The summed E-state index contributed by atoms with van der Waals surface area (Å²) in [5.41, 5.74) is 1.14. The van der Waals surface area contributed by atoms with Crippen LogP contribution in [0.4, 0.5) is 5.69 Å². The smallest absolute Gasteiger partial charge is 0.321 e. The predicted octanol–water partition coefficient (Wildman–Crippen LogP) is 3.12. The predicted molar refractivity (Wildman–Crippen MR) is 73.1 cm³/mol. The van der Waals surface area contributed by atoms with E-state index in [-0.39, 0.29) is 6.01 Å². The van der Waals surface area contributed by atoms with Crippen LogP contribution < -0.4 is 9.22 Å². The first-order valence-corrected chi connectivity index (χ1v) is 5.90. The molecule has 0 amide bonds. The third-order valence-corrected chi connectivity index (χ3v) is 2.59. The Bertz CT molecular complexity index is 535. The standard InChI is InChI=1S/C13H15ClN3O/c1-17(2,3)11-5-4-6-12(7-11)18-13-15-8-10(14)9-16-13/h4-9H,1-3H3/q+1. The molecule has 0 unspecified atom stereocenters. The van der Waals surface area contributed by atoms with Crippen molar-refractivity contribution >= 4 is 17.3 Å². The summed E-state index contributed by atoms with van der Waals surface area (Å²) in [4.78, 5) is 7.99. The molecule has 0 aliphatic rings. The Morgan fingerprint density at radius 2 is 1.78 bits per heavy atom. The molecule has 0 radical (unpaired) electrons. The van der Waals surface area contributed by atoms with Crippen LogP contribution in [0, 0.1) is 0 Å². The number of ether oxygens (including phenoxy) is 1. The maximum Gasteiger partial charge on any atom is 0.321 e. The second-order valence-corrected chi connectivity index (χ2v) is 5.23. The maximum atomic E-state index is 5.72. The second-order valence-electron chi connectivity index (χ2n) is 4.80. The molecular formula is C13H15ClN3O+. The van der Waals surface area contributed by atoms with E-state index in [0.29, 0.717) is 10.8 Å². The molecule has 2 rings (SSSR count). The summed E-state index contributed by atoms with van der Waals surface area (Å²) in [5, 5.41) is 0.488. The number of quaternary nitrogens is 1. The molecule has 18 heavy (non-hydrogen) atoms. The molecule has 0 aliphatic heterocycles. The average molecular weight is 265 g/mol. The van der Waals surface area contributed by atoms with Gasteiger partial charge in [0, 0.05) is 6.07 Å². The van der Waals surface area contributed by atoms with Crippen molar-refractivity contribution in [3.05, 3.63) is 41.7 Å². The van der Waals surface area contributed by atoms with E-state index in [0.717, 1.165) is 10.2 Å². The van der Waals surface area contributed by atoms with E-state index in [9.17, 15) is 0 Å². The van der Waals surface area contributed by atoms with Crippen molar-refractivity contribution in [3.63, 3.8) is 0 Å². The maximum absolute atomic E-state index is 5.72. The summed E-state index contributed by atoms with van der Waals surface area (Å²) in [6, 6.07) is 8.13. The van der Waals surface area contributed by atoms with Crippen molar-refractivity contribution in [3.8, 4) is 11.8 Å². The van der Waals surface area contributed by atoms with Crippen LogP contribution in [0.5, 0.6) is 11.8 Å². The summed E-state index contributed by atoms with van der Waals surface area (Å²) in [6.45, 7) is 0. The molecule has 94 valence electrons. The molecule has 0 bridgehead atoms. The van der Waals surface area contributed by atoms with Crippen molar-refractivity contribution < 1.29 is 4.74 Å². The highest BCUT2D eigenvalue weighted by molar-refractivity contribution is 6.30. The largest absolute Gasteiger partial charge is 0.424 e. The quantitative estimate of drug-likeness (QED) is 0.799. The molecule has 1 heterocycles. The first kappa shape index (κ1) is 12.8. The van der Waals surface area contributed by atoms with Crippen LogP contribution >= 0.6 is 11.6 Å². The lowest BCUT2D eigenvalue weighted by atomic mass is 10.2. The van der Waals surface area contributed by atoms with Gasteiger partial charge in [-0.15, -0.1) is 0 Å². The fourth-order valence-electron chi connectivity index (χ4n) is 1.42. The van der Waals surface area contributed by atoms with Gasteiger partial charge >= 0.3 is 6.01 Å². The fraction of sp³-hybridized carbons (Fsp3) is 0.231. The number of hydrogen-bond donors (Lipinski definition) is 0. The summed E-state index contributed by atoms with van der Waals surface area (Å²) >= 11 is 5.72. The third-order valence-electron chi connectivity index (χ3n) is 2.40. The second kappa shape index (κ2) is 4.92. The topological polar surface area (TPSA) is 35.0 Å². The van der Waals surface area contributed by atoms with E-state index in [1.807, 2.05) is 18.2 Å². The van der Waals surface area contributed by atoms with E-state index in [1.54, 1.807) is 0 Å². The number of aromatic nitrogens is 2. The molecule has 2 aromatic rings. The highest BCUT2D eigenvalue weighted by Crippen LogP contribution is 2.25. The molecule has 1 aromatic carbocycles. The molecule has 0 spiro atoms. The number of benzene rings is 1. The minimum absolute atomic E-state index is 0.290. The molecule has 5 heteroatoms. The van der Waals surface area contributed by atoms with Gasteiger partial charge in [-0.2, -0.15) is 0 Å². The molecule has 4 nitrogen and oxygen atoms in total. The Morgan fingerprint density at radius 1 is 1.11 bits per heavy atom.